The number of anilines is 1. The minimum Gasteiger partial charge on any atom is -0.342 e. The molecular formula is C18H14BrFN2O2S. The van der Waals surface area contributed by atoms with Crippen molar-refractivity contribution in [2.75, 3.05) is 11.9 Å². The number of carbonyl (C=O) groups excluding carboxylic acids is 2. The Balaban J connectivity index is 1.69. The number of para-hydroxylation sites is 1. The van der Waals surface area contributed by atoms with Crippen LogP contribution in [0.3, 0.4) is 0 Å². The molecule has 0 radical (unpaired) electrons. The van der Waals surface area contributed by atoms with Crippen LogP contribution in [0.15, 0.2) is 46.9 Å². The summed E-state index contributed by atoms with van der Waals surface area (Å²) < 4.78 is 15.4. The molecule has 0 bridgehead atoms. The Bertz CT molecular complexity index is 971. The molecule has 4 nitrogen and oxygen atoms in total. The molecule has 128 valence electrons. The molecule has 1 aromatic heterocycles. The highest BCUT2D eigenvalue weighted by Gasteiger charge is 2.18. The van der Waals surface area contributed by atoms with Crippen LogP contribution >= 0.6 is 27.3 Å². The van der Waals surface area contributed by atoms with Crippen molar-refractivity contribution in [2.45, 2.75) is 6.92 Å². The lowest BCUT2D eigenvalue weighted by Gasteiger charge is -2.08. The Kier molecular flexibility index (Phi) is 5.15. The summed E-state index contributed by atoms with van der Waals surface area (Å²) >= 11 is 4.55. The SMILES string of the molecule is Cc1c(C(=O)NCC(=O)Nc2ccccc2Br)sc2cccc(F)c12. The largest absolute Gasteiger partial charge is 0.342 e. The van der Waals surface area contributed by atoms with E-state index in [2.05, 4.69) is 26.6 Å². The van der Waals surface area contributed by atoms with E-state index in [9.17, 15) is 14.0 Å². The van der Waals surface area contributed by atoms with E-state index in [0.717, 1.165) is 4.47 Å². The fraction of sp³-hybridized carbons (Fsp3) is 0.111. The molecule has 25 heavy (non-hydrogen) atoms. The van der Waals surface area contributed by atoms with Gasteiger partial charge in [-0.1, -0.05) is 18.2 Å². The lowest BCUT2D eigenvalue weighted by Crippen LogP contribution is -2.32. The third-order valence-electron chi connectivity index (χ3n) is 3.67. The van der Waals surface area contributed by atoms with Crippen molar-refractivity contribution >= 4 is 54.9 Å². The van der Waals surface area contributed by atoms with Crippen LogP contribution in [-0.4, -0.2) is 18.4 Å². The molecule has 7 heteroatoms. The summed E-state index contributed by atoms with van der Waals surface area (Å²) in [6.07, 6.45) is 0. The number of carbonyl (C=O) groups is 2. The average molecular weight is 421 g/mol. The minimum atomic E-state index is -0.389. The van der Waals surface area contributed by atoms with E-state index in [0.29, 0.717) is 26.2 Å². The van der Waals surface area contributed by atoms with Crippen LogP contribution in [0.4, 0.5) is 10.1 Å². The summed E-state index contributed by atoms with van der Waals surface area (Å²) in [6, 6.07) is 12.0. The molecule has 3 aromatic rings. The number of thiophene rings is 1. The standard InChI is InChI=1S/C18H14BrFN2O2S/c1-10-16-12(20)6-4-8-14(16)25-17(10)18(24)21-9-15(23)22-13-7-3-2-5-11(13)19/h2-8H,9H2,1H3,(H,21,24)(H,22,23). The normalized spacial score (nSPS) is 10.7. The lowest BCUT2D eigenvalue weighted by molar-refractivity contribution is -0.115. The summed E-state index contributed by atoms with van der Waals surface area (Å²) in [5, 5.41) is 5.75. The van der Waals surface area contributed by atoms with E-state index in [1.54, 1.807) is 31.2 Å². The molecule has 0 aliphatic heterocycles. The molecular weight excluding hydrogens is 407 g/mol. The van der Waals surface area contributed by atoms with Crippen molar-refractivity contribution in [3.63, 3.8) is 0 Å². The third kappa shape index (κ3) is 3.72. The first-order valence-electron chi connectivity index (χ1n) is 7.47. The van der Waals surface area contributed by atoms with Crippen molar-refractivity contribution in [3.05, 3.63) is 63.2 Å². The van der Waals surface area contributed by atoms with Gasteiger partial charge in [-0.25, -0.2) is 4.39 Å². The van der Waals surface area contributed by atoms with Gasteiger partial charge in [-0.2, -0.15) is 0 Å². The van der Waals surface area contributed by atoms with Gasteiger partial charge < -0.3 is 10.6 Å². The molecule has 0 aliphatic rings. The van der Waals surface area contributed by atoms with Gasteiger partial charge in [0.2, 0.25) is 5.91 Å². The predicted molar refractivity (Wildman–Crippen MR) is 102 cm³/mol. The van der Waals surface area contributed by atoms with Gasteiger partial charge in [-0.15, -0.1) is 11.3 Å². The van der Waals surface area contributed by atoms with Crippen molar-refractivity contribution in [1.82, 2.24) is 5.32 Å². The van der Waals surface area contributed by atoms with Crippen LogP contribution in [0.2, 0.25) is 0 Å². The maximum atomic E-state index is 13.9. The monoisotopic (exact) mass is 420 g/mol. The fourth-order valence-corrected chi connectivity index (χ4v) is 3.99. The summed E-state index contributed by atoms with van der Waals surface area (Å²) in [5.74, 6) is -1.08. The zero-order chi connectivity index (χ0) is 18.0. The summed E-state index contributed by atoms with van der Waals surface area (Å²) in [6.45, 7) is 1.54. The molecule has 3 rings (SSSR count). The van der Waals surface area contributed by atoms with E-state index in [1.165, 1.54) is 17.4 Å². The van der Waals surface area contributed by atoms with E-state index in [1.807, 2.05) is 12.1 Å². The molecule has 0 saturated carbocycles. The number of aryl methyl sites for hydroxylation is 1. The Morgan fingerprint density at radius 3 is 2.64 bits per heavy atom. The van der Waals surface area contributed by atoms with Crippen molar-refractivity contribution in [3.8, 4) is 0 Å². The summed E-state index contributed by atoms with van der Waals surface area (Å²) in [5.41, 5.74) is 1.21. The molecule has 2 amide bonds. The van der Waals surface area contributed by atoms with Gasteiger partial charge in [0.15, 0.2) is 0 Å². The van der Waals surface area contributed by atoms with Crippen LogP contribution in [0.5, 0.6) is 0 Å². The number of fused-ring (bicyclic) bond motifs is 1. The highest BCUT2D eigenvalue weighted by atomic mass is 79.9. The smallest absolute Gasteiger partial charge is 0.262 e. The van der Waals surface area contributed by atoms with Gasteiger partial charge in [0.25, 0.3) is 5.91 Å². The van der Waals surface area contributed by atoms with Crippen LogP contribution in [0, 0.1) is 12.7 Å². The molecule has 0 unspecified atom stereocenters. The molecule has 2 aromatic carbocycles. The maximum absolute atomic E-state index is 13.9. The number of amides is 2. The predicted octanol–water partition coefficient (Wildman–Crippen LogP) is 4.48. The minimum absolute atomic E-state index is 0.170. The number of halogens is 2. The number of benzene rings is 2. The zero-order valence-electron chi connectivity index (χ0n) is 13.2. The zero-order valence-corrected chi connectivity index (χ0v) is 15.6. The first-order valence-corrected chi connectivity index (χ1v) is 9.08. The average Bonchev–Trinajstić information content (AvgIpc) is 2.93. The van der Waals surface area contributed by atoms with Crippen LogP contribution in [-0.2, 0) is 4.79 Å². The van der Waals surface area contributed by atoms with E-state index in [-0.39, 0.29) is 24.2 Å². The third-order valence-corrected chi connectivity index (χ3v) is 5.61. The van der Waals surface area contributed by atoms with Gasteiger partial charge in [0, 0.05) is 14.6 Å². The Labute approximate surface area is 156 Å². The fourth-order valence-electron chi connectivity index (χ4n) is 2.47. The van der Waals surface area contributed by atoms with Crippen LogP contribution in [0.25, 0.3) is 10.1 Å². The van der Waals surface area contributed by atoms with E-state index < -0.39 is 0 Å². The highest BCUT2D eigenvalue weighted by molar-refractivity contribution is 9.10. The van der Waals surface area contributed by atoms with Gasteiger partial charge in [-0.05, 0) is 52.7 Å². The number of nitrogens with one attached hydrogen (secondary N) is 2. The first kappa shape index (κ1) is 17.6. The maximum Gasteiger partial charge on any atom is 0.262 e. The van der Waals surface area contributed by atoms with E-state index in [4.69, 9.17) is 0 Å². The van der Waals surface area contributed by atoms with Crippen molar-refractivity contribution in [2.24, 2.45) is 0 Å². The number of rotatable bonds is 4. The first-order chi connectivity index (χ1) is 12.0. The highest BCUT2D eigenvalue weighted by Crippen LogP contribution is 2.32. The lowest BCUT2D eigenvalue weighted by atomic mass is 10.1. The second kappa shape index (κ2) is 7.33. The van der Waals surface area contributed by atoms with Crippen molar-refractivity contribution in [1.29, 1.82) is 0 Å². The van der Waals surface area contributed by atoms with Crippen LogP contribution in [0.1, 0.15) is 15.2 Å². The Morgan fingerprint density at radius 1 is 1.16 bits per heavy atom. The molecule has 0 spiro atoms. The molecule has 1 heterocycles. The Hall–Kier alpha value is -2.25. The number of hydrogen-bond donors (Lipinski definition) is 2. The summed E-state index contributed by atoms with van der Waals surface area (Å²) in [7, 11) is 0. The molecule has 0 aliphatic carbocycles. The molecule has 0 saturated heterocycles. The van der Waals surface area contributed by atoms with Crippen molar-refractivity contribution < 1.29 is 14.0 Å². The summed E-state index contributed by atoms with van der Waals surface area (Å²) in [4.78, 5) is 24.8. The second-order valence-electron chi connectivity index (χ2n) is 5.38. The molecule has 2 N–H and O–H groups in total. The van der Waals surface area contributed by atoms with Gasteiger partial charge in [0.1, 0.15) is 5.82 Å². The molecule has 0 atom stereocenters. The Morgan fingerprint density at radius 2 is 1.92 bits per heavy atom. The molecule has 0 fully saturated rings. The quantitative estimate of drug-likeness (QED) is 0.653. The second-order valence-corrected chi connectivity index (χ2v) is 7.29. The van der Waals surface area contributed by atoms with Gasteiger partial charge in [-0.3, -0.25) is 9.59 Å². The topological polar surface area (TPSA) is 58.2 Å². The number of hydrogen-bond acceptors (Lipinski definition) is 3. The van der Waals surface area contributed by atoms with E-state index >= 15 is 0 Å². The van der Waals surface area contributed by atoms with Gasteiger partial charge >= 0.3 is 0 Å². The van der Waals surface area contributed by atoms with Gasteiger partial charge in [0.05, 0.1) is 17.1 Å². The van der Waals surface area contributed by atoms with Crippen LogP contribution < -0.4 is 10.6 Å².